The molecule has 0 aliphatic heterocycles. The topological polar surface area (TPSA) is 281 Å². The third-order valence-electron chi connectivity index (χ3n) is 7.47. The summed E-state index contributed by atoms with van der Waals surface area (Å²) >= 11 is 24.1. The number of aromatic nitrogens is 7. The molecule has 0 aliphatic carbocycles. The van der Waals surface area contributed by atoms with Crippen molar-refractivity contribution in [3.63, 3.8) is 0 Å². The van der Waals surface area contributed by atoms with Crippen molar-refractivity contribution in [1.29, 1.82) is 0 Å². The Morgan fingerprint density at radius 2 is 1.68 bits per heavy atom. The lowest BCUT2D eigenvalue weighted by atomic mass is 10.1. The molecule has 1 atom stereocenters. The summed E-state index contributed by atoms with van der Waals surface area (Å²) in [5.41, 5.74) is -0.663. The fraction of sp³-hybridized carbons (Fsp3) is 0.344. The van der Waals surface area contributed by atoms with Crippen LogP contribution >= 0.6 is 54.0 Å². The molecule has 21 nitrogen and oxygen atoms in total. The van der Waals surface area contributed by atoms with Crippen molar-refractivity contribution in [2.24, 2.45) is 0 Å². The van der Waals surface area contributed by atoms with Gasteiger partial charge in [-0.1, -0.05) is 40.9 Å². The summed E-state index contributed by atoms with van der Waals surface area (Å²) in [5.74, 6) is -2.68. The van der Waals surface area contributed by atoms with Crippen LogP contribution in [0, 0.1) is 19.7 Å². The molecule has 0 spiro atoms. The summed E-state index contributed by atoms with van der Waals surface area (Å²) in [6.45, 7) is 1.09. The number of alkyl halides is 3. The van der Waals surface area contributed by atoms with Crippen LogP contribution in [0.5, 0.6) is 11.8 Å². The lowest BCUT2D eigenvalue weighted by Gasteiger charge is -2.12. The number of carboxylic acids is 1. The normalized spacial score (nSPS) is 11.9. The quantitative estimate of drug-likeness (QED) is 0.0544. The first-order valence-electron chi connectivity index (χ1n) is 16.9. The van der Waals surface area contributed by atoms with Crippen molar-refractivity contribution < 1.29 is 64.8 Å². The van der Waals surface area contributed by atoms with E-state index in [0.29, 0.717) is 10.2 Å². The zero-order valence-electron chi connectivity index (χ0n) is 32.5. The summed E-state index contributed by atoms with van der Waals surface area (Å²) in [6.07, 6.45) is -0.713. The van der Waals surface area contributed by atoms with Gasteiger partial charge in [0.25, 0.3) is 21.0 Å². The molecule has 0 fully saturated rings. The van der Waals surface area contributed by atoms with E-state index in [-0.39, 0.29) is 73.0 Å². The van der Waals surface area contributed by atoms with Gasteiger partial charge in [0.1, 0.15) is 16.9 Å². The maximum absolute atomic E-state index is 14.2. The number of halogens is 7. The smallest absolute Gasteiger partial charge is 0.355 e. The molecule has 5 N–H and O–H groups in total. The van der Waals surface area contributed by atoms with E-state index in [2.05, 4.69) is 30.2 Å². The van der Waals surface area contributed by atoms with Crippen LogP contribution in [-0.2, 0) is 35.3 Å². The molecular formula is C32H35Cl4F3N9O12PS. The number of nitrogens with zero attached hydrogens (tertiary/aromatic N) is 7. The molecule has 0 amide bonds. The highest BCUT2D eigenvalue weighted by Gasteiger charge is 2.26. The van der Waals surface area contributed by atoms with Gasteiger partial charge in [-0.3, -0.25) is 24.2 Å². The second-order valence-electron chi connectivity index (χ2n) is 12.0. The molecular weight excluding hydrogens is 964 g/mol. The van der Waals surface area contributed by atoms with E-state index in [0.717, 1.165) is 16.6 Å². The highest BCUT2D eigenvalue weighted by Crippen LogP contribution is 2.35. The minimum absolute atomic E-state index is 0.0111. The fourth-order valence-corrected chi connectivity index (χ4v) is 7.07. The summed E-state index contributed by atoms with van der Waals surface area (Å²) in [6, 6.07) is 6.68. The first-order valence-corrected chi connectivity index (χ1v) is 21.8. The van der Waals surface area contributed by atoms with Crippen LogP contribution in [0.4, 0.5) is 18.9 Å². The first-order chi connectivity index (χ1) is 28.8. The number of nitrogens with one attached hydrogen (secondary N) is 2. The molecule has 2 aromatic carbocycles. The van der Waals surface area contributed by atoms with Crippen LogP contribution in [-0.4, -0.2) is 108 Å². The van der Waals surface area contributed by atoms with E-state index >= 15 is 0 Å². The second-order valence-corrected chi connectivity index (χ2v) is 16.9. The summed E-state index contributed by atoms with van der Waals surface area (Å²) in [7, 11) is -5.47. The number of esters is 1. The molecule has 0 radical (unpaired) electrons. The van der Waals surface area contributed by atoms with Crippen LogP contribution in [0.15, 0.2) is 40.3 Å². The Kier molecular flexibility index (Phi) is 18.4. The number of hydrogen-bond donors (Lipinski definition) is 5. The van der Waals surface area contributed by atoms with Gasteiger partial charge in [-0.2, -0.15) is 36.4 Å². The molecule has 0 saturated heterocycles. The molecule has 62 heavy (non-hydrogen) atoms. The van der Waals surface area contributed by atoms with Gasteiger partial charge in [-0.25, -0.2) is 13.8 Å². The summed E-state index contributed by atoms with van der Waals surface area (Å²) in [4.78, 5) is 57.8. The fourth-order valence-electron chi connectivity index (χ4n) is 4.67. The minimum atomic E-state index is -4.18. The number of fused-ring (bicyclic) bond motifs is 1. The van der Waals surface area contributed by atoms with Crippen LogP contribution in [0.1, 0.15) is 30.4 Å². The molecule has 5 aromatic rings. The number of rotatable bonds is 15. The van der Waals surface area contributed by atoms with E-state index < -0.39 is 71.0 Å². The number of carbonyl (C=O) groups is 2. The Bertz CT molecular complexity index is 2650. The van der Waals surface area contributed by atoms with Crippen LogP contribution < -0.4 is 25.2 Å². The molecule has 0 saturated carbocycles. The van der Waals surface area contributed by atoms with Crippen molar-refractivity contribution in [1.82, 2.24) is 39.2 Å². The molecule has 5 rings (SSSR count). The lowest BCUT2D eigenvalue weighted by molar-refractivity contribution is -0.142. The van der Waals surface area contributed by atoms with E-state index in [9.17, 15) is 40.5 Å². The zero-order chi connectivity index (χ0) is 46.9. The zero-order valence-corrected chi connectivity index (χ0v) is 37.3. The average Bonchev–Trinajstić information content (AvgIpc) is 3.76. The largest absolute Gasteiger partial charge is 0.481 e. The lowest BCUT2D eigenvalue weighted by Crippen LogP contribution is -2.25. The highest BCUT2D eigenvalue weighted by molar-refractivity contribution is 7.92. The molecule has 0 aliphatic rings. The van der Waals surface area contributed by atoms with Crippen molar-refractivity contribution in [3.05, 3.63) is 78.7 Å². The van der Waals surface area contributed by atoms with Gasteiger partial charge in [0.05, 0.1) is 55.5 Å². The number of benzene rings is 2. The molecule has 1 unspecified atom stereocenters. The average molecular weight is 1000 g/mol. The third-order valence-corrected chi connectivity index (χ3v) is 10.7. The summed E-state index contributed by atoms with van der Waals surface area (Å²) in [5, 5.41) is 16.3. The molecule has 0 bridgehead atoms. The van der Waals surface area contributed by atoms with E-state index in [4.69, 9.17) is 75.5 Å². The summed E-state index contributed by atoms with van der Waals surface area (Å²) < 4.78 is 94.5. The van der Waals surface area contributed by atoms with Crippen LogP contribution in [0.25, 0.3) is 11.5 Å². The van der Waals surface area contributed by atoms with Gasteiger partial charge >= 0.3 is 31.8 Å². The molecule has 3 aromatic heterocycles. The van der Waals surface area contributed by atoms with E-state index in [1.165, 1.54) is 33.3 Å². The van der Waals surface area contributed by atoms with E-state index in [1.807, 2.05) is 0 Å². The standard InChI is InChI=1S/C15H14Cl2F3N3O3.C14H13Cl2N5O4S.C3H8NO5P/c1-3-26-13(24)10(17)4-8-5-12(11(18)6-9(8)16)23-15(25)22(14(19)20)7(2)21-23;1-7-4-5-8(15)12(11(7)16)20-26(22,23)14-18-13-17-9(24-2)6-10(25-3)21(13)19-14;5-3(6)1-4-2-10(7,8)9/h5-6,10,14H,3-4H2,1-2H3;4-6,20H,1-3H3;4H,1-2H2,(H,5,6)(H2,7,8,9). The van der Waals surface area contributed by atoms with Gasteiger partial charge in [0.2, 0.25) is 11.8 Å². The molecule has 3 heterocycles. The number of sulfonamides is 1. The Morgan fingerprint density at radius 1 is 1.02 bits per heavy atom. The van der Waals surface area contributed by atoms with Crippen molar-refractivity contribution in [2.75, 3.05) is 38.4 Å². The number of carboxylic acid groups (broad SMARTS) is 1. The molecule has 30 heteroatoms. The van der Waals surface area contributed by atoms with Gasteiger partial charge in [-0.05, 0) is 50.1 Å². The predicted octanol–water partition coefficient (Wildman–Crippen LogP) is 4.60. The van der Waals surface area contributed by atoms with Crippen molar-refractivity contribution in [3.8, 4) is 17.4 Å². The van der Waals surface area contributed by atoms with Gasteiger partial charge in [-0.15, -0.1) is 21.8 Å². The Morgan fingerprint density at radius 3 is 2.23 bits per heavy atom. The van der Waals surface area contributed by atoms with Gasteiger partial charge in [0, 0.05) is 11.4 Å². The monoisotopic (exact) mass is 997 g/mol. The maximum atomic E-state index is 14.2. The number of carbonyl (C=O) groups excluding carboxylic acids is 1. The second kappa shape index (κ2) is 22.1. The number of anilines is 1. The highest BCUT2D eigenvalue weighted by atomic mass is 35.5. The van der Waals surface area contributed by atoms with E-state index in [1.54, 1.807) is 19.9 Å². The number of ether oxygens (including phenoxy) is 3. The predicted molar refractivity (Wildman–Crippen MR) is 217 cm³/mol. The number of methoxy groups -OCH3 is 2. The maximum Gasteiger partial charge on any atom is 0.355 e. The number of aryl methyl sites for hydroxylation is 2. The first kappa shape index (κ1) is 51.6. The Hall–Kier alpha value is -4.72. The third kappa shape index (κ3) is 13.6. The van der Waals surface area contributed by atoms with Crippen LogP contribution in [0.2, 0.25) is 15.1 Å². The van der Waals surface area contributed by atoms with Crippen LogP contribution in [0.3, 0.4) is 0 Å². The Labute approximate surface area is 368 Å². The van der Waals surface area contributed by atoms with Gasteiger partial charge < -0.3 is 29.1 Å². The Balaban J connectivity index is 0.000000272. The number of aliphatic carboxylic acids is 1. The molecule has 340 valence electrons. The number of hydrogen-bond acceptors (Lipinski definition) is 14. The van der Waals surface area contributed by atoms with Crippen molar-refractivity contribution >= 4 is 87.4 Å². The van der Waals surface area contributed by atoms with Gasteiger partial charge in [0.15, 0.2) is 5.82 Å². The minimum Gasteiger partial charge on any atom is -0.481 e. The van der Waals surface area contributed by atoms with Crippen molar-refractivity contribution in [2.45, 2.75) is 44.3 Å². The SMILES string of the molecule is CCOC(=O)C(Cl)Cc1cc(-n2nc(C)n(C(F)F)c2=O)c(F)cc1Cl.COc1cc(OC)n2nc(S(=O)(=O)Nc3c(Cl)ccc(C)c3Cl)nc2n1.O=C(O)CNCP(=O)(O)O.